The molecule has 0 heterocycles. The molecule has 0 aromatic carbocycles. The summed E-state index contributed by atoms with van der Waals surface area (Å²) in [6.07, 6.45) is 0. The molecule has 0 aliphatic carbocycles. The second kappa shape index (κ2) is 3.33. The molecule has 0 bridgehead atoms. The standard InChI is InChI=1S/Ca.F2HO2P.2H/c;1-5(2,3)4;;/h;(H,3,4);;/q+2;;2*-1. The molecule has 6 heteroatoms. The molecule has 0 spiro atoms. The van der Waals surface area contributed by atoms with Crippen LogP contribution in [0.2, 0.25) is 0 Å². The molecule has 1 N–H and O–H groups in total. The van der Waals surface area contributed by atoms with Gasteiger partial charge in [0.1, 0.15) is 0 Å². The Morgan fingerprint density at radius 1 is 1.67 bits per heavy atom. The van der Waals surface area contributed by atoms with E-state index in [2.05, 4.69) is 0 Å². The van der Waals surface area contributed by atoms with E-state index in [9.17, 15) is 8.39 Å². The average molecular weight is 144 g/mol. The van der Waals surface area contributed by atoms with E-state index in [0.717, 1.165) is 0 Å². The van der Waals surface area contributed by atoms with Crippen LogP contribution in [-0.4, -0.2) is 42.6 Å². The molecule has 6 heavy (non-hydrogen) atoms. The predicted molar refractivity (Wildman–Crippen MR) is 20.0 cm³/mol. The first-order valence-corrected chi connectivity index (χ1v) is 2.16. The topological polar surface area (TPSA) is 37.3 Å². The van der Waals surface area contributed by atoms with Crippen molar-refractivity contribution in [2.45, 2.75) is 0 Å². The van der Waals surface area contributed by atoms with Gasteiger partial charge in [0.2, 0.25) is 0 Å². The molecule has 0 atom stereocenters. The fraction of sp³-hybridized carbons (Fsp3) is 0. The molecule has 0 aromatic heterocycles. The van der Waals surface area contributed by atoms with Gasteiger partial charge < -0.3 is 2.85 Å². The van der Waals surface area contributed by atoms with Crippen LogP contribution < -0.4 is 0 Å². The van der Waals surface area contributed by atoms with Crippen LogP contribution in [0.3, 0.4) is 0 Å². The van der Waals surface area contributed by atoms with Crippen LogP contribution in [0.25, 0.3) is 0 Å². The number of halogens is 2. The second-order valence-electron chi connectivity index (χ2n) is 0.435. The van der Waals surface area contributed by atoms with E-state index in [0.29, 0.717) is 0 Å². The van der Waals surface area contributed by atoms with Crippen LogP contribution >= 0.6 is 7.99 Å². The van der Waals surface area contributed by atoms with Crippen LogP contribution in [0.4, 0.5) is 8.39 Å². The van der Waals surface area contributed by atoms with Crippen molar-refractivity contribution in [3.8, 4) is 0 Å². The fourth-order valence-corrected chi connectivity index (χ4v) is 0. The Kier molecular flexibility index (Phi) is 5.73. The third kappa shape index (κ3) is 57.5. The zero-order valence-electron chi connectivity index (χ0n) is 4.77. The Hall–Kier alpha value is 1.31. The van der Waals surface area contributed by atoms with Gasteiger partial charge in [-0.25, -0.2) is 4.57 Å². The average Bonchev–Trinajstić information content (AvgIpc) is 0.722. The third-order valence-corrected chi connectivity index (χ3v) is 0. The van der Waals surface area contributed by atoms with Crippen LogP contribution in [0, 0.1) is 0 Å². The first kappa shape index (κ1) is 10.3. The Bertz CT molecular complexity index is 64.2. The number of hydrogen-bond donors (Lipinski definition) is 1. The van der Waals surface area contributed by atoms with Crippen molar-refractivity contribution in [1.82, 2.24) is 0 Å². The van der Waals surface area contributed by atoms with E-state index in [1.165, 1.54) is 0 Å². The molecule has 0 amide bonds. The monoisotopic (exact) mass is 144 g/mol. The summed E-state index contributed by atoms with van der Waals surface area (Å²) in [6.45, 7) is 0. The molecule has 0 radical (unpaired) electrons. The summed E-state index contributed by atoms with van der Waals surface area (Å²) >= 11 is 0. The SMILES string of the molecule is O=P(O)(F)F.[Ca+2].[H-].[H-]. The normalized spacial score (nSPS) is 9.83. The maximum atomic E-state index is 10.1. The third-order valence-electron chi connectivity index (χ3n) is 0. The van der Waals surface area contributed by atoms with E-state index in [1.54, 1.807) is 0 Å². The second-order valence-corrected chi connectivity index (χ2v) is 1.30. The van der Waals surface area contributed by atoms with Gasteiger partial charge >= 0.3 is 45.7 Å². The minimum Gasteiger partial charge on any atom is -1.00 e. The summed E-state index contributed by atoms with van der Waals surface area (Å²) in [7, 11) is -5.64. The summed E-state index contributed by atoms with van der Waals surface area (Å²) in [5.74, 6) is 0. The van der Waals surface area contributed by atoms with Gasteiger partial charge in [-0.3, -0.25) is 4.89 Å². The van der Waals surface area contributed by atoms with Gasteiger partial charge in [-0.1, -0.05) is 0 Å². The van der Waals surface area contributed by atoms with E-state index < -0.39 is 7.99 Å². The van der Waals surface area contributed by atoms with Crippen molar-refractivity contribution in [3.63, 3.8) is 0 Å². The minimum absolute atomic E-state index is 0. The molecule has 2 nitrogen and oxygen atoms in total. The van der Waals surface area contributed by atoms with Gasteiger partial charge in [-0.05, 0) is 0 Å². The Morgan fingerprint density at radius 2 is 1.67 bits per heavy atom. The minimum atomic E-state index is -5.64. The van der Waals surface area contributed by atoms with Crippen molar-refractivity contribution in [2.75, 3.05) is 0 Å². The zero-order chi connectivity index (χ0) is 4.50. The molecule has 0 aliphatic heterocycles. The molecule has 0 saturated carbocycles. The van der Waals surface area contributed by atoms with Gasteiger partial charge in [0.15, 0.2) is 0 Å². The van der Waals surface area contributed by atoms with Gasteiger partial charge in [0, 0.05) is 0 Å². The maximum absolute atomic E-state index is 10.1. The van der Waals surface area contributed by atoms with Crippen LogP contribution in [0.15, 0.2) is 0 Å². The quantitative estimate of drug-likeness (QED) is 0.404. The van der Waals surface area contributed by atoms with Crippen molar-refractivity contribution < 1.29 is 20.7 Å². The van der Waals surface area contributed by atoms with Crippen LogP contribution in [0.5, 0.6) is 0 Å². The van der Waals surface area contributed by atoms with Crippen LogP contribution in [-0.2, 0) is 4.57 Å². The summed E-state index contributed by atoms with van der Waals surface area (Å²) in [5, 5.41) is 0. The summed E-state index contributed by atoms with van der Waals surface area (Å²) in [5.41, 5.74) is 0. The van der Waals surface area contributed by atoms with E-state index in [-0.39, 0.29) is 40.6 Å². The summed E-state index contributed by atoms with van der Waals surface area (Å²) < 4.78 is 28.7. The molecule has 0 saturated heterocycles. The van der Waals surface area contributed by atoms with Crippen LogP contribution in [0.1, 0.15) is 2.85 Å². The number of hydrogen-bond acceptors (Lipinski definition) is 1. The number of rotatable bonds is 0. The molecule has 0 unspecified atom stereocenters. The molecule has 0 fully saturated rings. The molecule has 0 aliphatic rings. The summed E-state index contributed by atoms with van der Waals surface area (Å²) in [6, 6.07) is 0. The molecular weight excluding hydrogens is 141 g/mol. The molecule has 0 rings (SSSR count). The van der Waals surface area contributed by atoms with E-state index >= 15 is 0 Å². The Labute approximate surface area is 66.2 Å². The first-order chi connectivity index (χ1) is 2.00. The predicted octanol–water partition coefficient (Wildman–Crippen LogP) is 0.870. The molecular formula is H3CaF2O2P. The van der Waals surface area contributed by atoms with Crippen molar-refractivity contribution >= 4 is 45.7 Å². The van der Waals surface area contributed by atoms with Gasteiger partial charge in [-0.15, -0.1) is 8.39 Å². The van der Waals surface area contributed by atoms with Gasteiger partial charge in [0.25, 0.3) is 0 Å². The molecule has 36 valence electrons. The van der Waals surface area contributed by atoms with Crippen molar-refractivity contribution in [2.24, 2.45) is 0 Å². The fourth-order valence-electron chi connectivity index (χ4n) is 0. The van der Waals surface area contributed by atoms with Gasteiger partial charge in [0.05, 0.1) is 0 Å². The van der Waals surface area contributed by atoms with E-state index in [1.807, 2.05) is 0 Å². The largest absolute Gasteiger partial charge is 2.00 e. The van der Waals surface area contributed by atoms with Crippen molar-refractivity contribution in [1.29, 1.82) is 0 Å². The van der Waals surface area contributed by atoms with E-state index in [4.69, 9.17) is 9.46 Å². The Balaban J connectivity index is -0.0000000267. The van der Waals surface area contributed by atoms with Crippen molar-refractivity contribution in [3.05, 3.63) is 0 Å². The van der Waals surface area contributed by atoms with Gasteiger partial charge in [-0.2, -0.15) is 0 Å². The Morgan fingerprint density at radius 3 is 1.67 bits per heavy atom. The zero-order valence-corrected chi connectivity index (χ0v) is 5.87. The first-order valence-electron chi connectivity index (χ1n) is 0.721. The smallest absolute Gasteiger partial charge is 1.00 e. The molecule has 0 aromatic rings. The summed E-state index contributed by atoms with van der Waals surface area (Å²) in [4.78, 5) is 6.74. The maximum Gasteiger partial charge on any atom is 2.00 e.